The monoisotopic (exact) mass is 331 g/mol. The SMILES string of the molecule is Cc1noc(C)c1CC(C)NC(=O)Nc1ccc(C(C)(C)C)nn1. The van der Waals surface area contributed by atoms with E-state index in [2.05, 4.69) is 46.8 Å². The summed E-state index contributed by atoms with van der Waals surface area (Å²) in [5.41, 5.74) is 2.68. The molecule has 2 heterocycles. The molecule has 1 atom stereocenters. The Morgan fingerprint density at radius 1 is 1.25 bits per heavy atom. The van der Waals surface area contributed by atoms with Crippen LogP contribution in [0.4, 0.5) is 10.6 Å². The molecule has 24 heavy (non-hydrogen) atoms. The van der Waals surface area contributed by atoms with Gasteiger partial charge in [-0.3, -0.25) is 5.32 Å². The zero-order valence-electron chi connectivity index (χ0n) is 15.1. The zero-order valence-corrected chi connectivity index (χ0v) is 15.1. The molecule has 0 bridgehead atoms. The van der Waals surface area contributed by atoms with Crippen LogP contribution in [0.15, 0.2) is 16.7 Å². The number of anilines is 1. The highest BCUT2D eigenvalue weighted by Crippen LogP contribution is 2.19. The minimum absolute atomic E-state index is 0.0661. The fourth-order valence-corrected chi connectivity index (χ4v) is 2.33. The number of urea groups is 1. The molecule has 1 unspecified atom stereocenters. The number of carbonyl (C=O) groups excluding carboxylic acids is 1. The quantitative estimate of drug-likeness (QED) is 0.898. The summed E-state index contributed by atoms with van der Waals surface area (Å²) in [5.74, 6) is 1.20. The molecule has 0 saturated carbocycles. The van der Waals surface area contributed by atoms with Crippen LogP contribution in [0, 0.1) is 13.8 Å². The molecule has 2 aromatic heterocycles. The molecule has 2 aromatic rings. The van der Waals surface area contributed by atoms with Gasteiger partial charge < -0.3 is 9.84 Å². The minimum Gasteiger partial charge on any atom is -0.361 e. The van der Waals surface area contributed by atoms with Gasteiger partial charge in [-0.2, -0.15) is 5.10 Å². The van der Waals surface area contributed by atoms with Gasteiger partial charge >= 0.3 is 6.03 Å². The minimum atomic E-state index is -0.313. The Kier molecular flexibility index (Phi) is 5.21. The largest absolute Gasteiger partial charge is 0.361 e. The van der Waals surface area contributed by atoms with E-state index in [1.165, 1.54) is 0 Å². The summed E-state index contributed by atoms with van der Waals surface area (Å²) in [4.78, 5) is 12.1. The predicted molar refractivity (Wildman–Crippen MR) is 92.0 cm³/mol. The van der Waals surface area contributed by atoms with Crippen molar-refractivity contribution < 1.29 is 9.32 Å². The molecule has 0 aliphatic carbocycles. The number of rotatable bonds is 4. The number of carbonyl (C=O) groups is 1. The maximum Gasteiger partial charge on any atom is 0.320 e. The van der Waals surface area contributed by atoms with Gasteiger partial charge in [0.1, 0.15) is 5.76 Å². The summed E-state index contributed by atoms with van der Waals surface area (Å²) in [5, 5.41) is 17.7. The van der Waals surface area contributed by atoms with Gasteiger partial charge in [0.2, 0.25) is 0 Å². The van der Waals surface area contributed by atoms with Gasteiger partial charge in [-0.1, -0.05) is 25.9 Å². The third-order valence-corrected chi connectivity index (χ3v) is 3.74. The molecule has 0 fully saturated rings. The van der Waals surface area contributed by atoms with Crippen molar-refractivity contribution in [3.63, 3.8) is 0 Å². The van der Waals surface area contributed by atoms with E-state index in [1.54, 1.807) is 6.07 Å². The number of aromatic nitrogens is 3. The van der Waals surface area contributed by atoms with Crippen molar-refractivity contribution in [3.8, 4) is 0 Å². The number of hydrogen-bond acceptors (Lipinski definition) is 5. The average molecular weight is 331 g/mol. The standard InChI is InChI=1S/C17H25N5O2/c1-10(9-13-11(2)22-24-12(13)3)18-16(23)19-15-8-7-14(20-21-15)17(4,5)6/h7-8,10H,9H2,1-6H3,(H2,18,19,21,23). The van der Waals surface area contributed by atoms with E-state index in [0.717, 1.165) is 22.7 Å². The van der Waals surface area contributed by atoms with Crippen LogP contribution in [-0.4, -0.2) is 27.4 Å². The van der Waals surface area contributed by atoms with E-state index in [0.29, 0.717) is 12.2 Å². The molecular weight excluding hydrogens is 306 g/mol. The molecule has 7 nitrogen and oxygen atoms in total. The number of nitrogens with one attached hydrogen (secondary N) is 2. The summed E-state index contributed by atoms with van der Waals surface area (Å²) in [6.45, 7) is 11.9. The van der Waals surface area contributed by atoms with E-state index in [-0.39, 0.29) is 17.5 Å². The Balaban J connectivity index is 1.91. The molecule has 0 aliphatic heterocycles. The highest BCUT2D eigenvalue weighted by atomic mass is 16.5. The van der Waals surface area contributed by atoms with Crippen molar-refractivity contribution in [2.45, 2.75) is 59.4 Å². The van der Waals surface area contributed by atoms with Gasteiger partial charge in [0.05, 0.1) is 11.4 Å². The molecule has 2 rings (SSSR count). The second kappa shape index (κ2) is 6.98. The van der Waals surface area contributed by atoms with Crippen LogP contribution >= 0.6 is 0 Å². The molecule has 0 spiro atoms. The van der Waals surface area contributed by atoms with Gasteiger partial charge in [0, 0.05) is 17.0 Å². The molecule has 7 heteroatoms. The van der Waals surface area contributed by atoms with Gasteiger partial charge in [0.25, 0.3) is 0 Å². The van der Waals surface area contributed by atoms with Gasteiger partial charge in [-0.05, 0) is 39.3 Å². The molecule has 2 N–H and O–H groups in total. The highest BCUT2D eigenvalue weighted by molar-refractivity contribution is 5.88. The van der Waals surface area contributed by atoms with Crippen molar-refractivity contribution in [1.29, 1.82) is 0 Å². The molecule has 0 saturated heterocycles. The van der Waals surface area contributed by atoms with Crippen LogP contribution in [0.3, 0.4) is 0 Å². The third kappa shape index (κ3) is 4.53. The third-order valence-electron chi connectivity index (χ3n) is 3.74. The molecule has 2 amide bonds. The maximum absolute atomic E-state index is 12.1. The van der Waals surface area contributed by atoms with Gasteiger partial charge in [-0.15, -0.1) is 5.10 Å². The Hall–Kier alpha value is -2.44. The van der Waals surface area contributed by atoms with E-state index in [4.69, 9.17) is 4.52 Å². The Bertz CT molecular complexity index is 681. The summed E-state index contributed by atoms with van der Waals surface area (Å²) in [6.07, 6.45) is 0.656. The second-order valence-electron chi connectivity index (χ2n) is 7.06. The Morgan fingerprint density at radius 3 is 2.46 bits per heavy atom. The van der Waals surface area contributed by atoms with E-state index >= 15 is 0 Å². The molecule has 0 aliphatic rings. The van der Waals surface area contributed by atoms with Crippen molar-refractivity contribution in [2.75, 3.05) is 5.32 Å². The number of amides is 2. The lowest BCUT2D eigenvalue weighted by Crippen LogP contribution is -2.37. The van der Waals surface area contributed by atoms with Crippen LogP contribution in [0.25, 0.3) is 0 Å². The number of hydrogen-bond donors (Lipinski definition) is 2. The topological polar surface area (TPSA) is 92.9 Å². The first-order valence-electron chi connectivity index (χ1n) is 8.00. The molecule has 130 valence electrons. The lowest BCUT2D eigenvalue weighted by atomic mass is 9.92. The lowest BCUT2D eigenvalue weighted by molar-refractivity contribution is 0.249. The van der Waals surface area contributed by atoms with Crippen LogP contribution in [0.2, 0.25) is 0 Å². The average Bonchev–Trinajstić information content (AvgIpc) is 2.78. The lowest BCUT2D eigenvalue weighted by Gasteiger charge is -2.17. The first-order chi connectivity index (χ1) is 11.2. The zero-order chi connectivity index (χ0) is 17.9. The normalized spacial score (nSPS) is 12.8. The molecule has 0 radical (unpaired) electrons. The highest BCUT2D eigenvalue weighted by Gasteiger charge is 2.17. The fourth-order valence-electron chi connectivity index (χ4n) is 2.33. The first kappa shape index (κ1) is 17.9. The predicted octanol–water partition coefficient (Wildman–Crippen LogP) is 3.13. The van der Waals surface area contributed by atoms with Gasteiger partial charge in [-0.25, -0.2) is 4.79 Å². The summed E-state index contributed by atoms with van der Waals surface area (Å²) >= 11 is 0. The Labute approximate surface area is 142 Å². The number of aryl methyl sites for hydroxylation is 2. The van der Waals surface area contributed by atoms with Crippen LogP contribution in [0.1, 0.15) is 50.4 Å². The van der Waals surface area contributed by atoms with Crippen LogP contribution in [0.5, 0.6) is 0 Å². The Morgan fingerprint density at radius 2 is 1.96 bits per heavy atom. The first-order valence-corrected chi connectivity index (χ1v) is 8.00. The summed E-state index contributed by atoms with van der Waals surface area (Å²) in [7, 11) is 0. The van der Waals surface area contributed by atoms with Crippen molar-refractivity contribution in [1.82, 2.24) is 20.7 Å². The second-order valence-corrected chi connectivity index (χ2v) is 7.06. The smallest absolute Gasteiger partial charge is 0.320 e. The molecule has 0 aromatic carbocycles. The van der Waals surface area contributed by atoms with E-state index < -0.39 is 0 Å². The van der Waals surface area contributed by atoms with Crippen LogP contribution < -0.4 is 10.6 Å². The molecular formula is C17H25N5O2. The summed E-state index contributed by atoms with van der Waals surface area (Å²) in [6, 6.07) is 3.25. The maximum atomic E-state index is 12.1. The number of nitrogens with zero attached hydrogens (tertiary/aromatic N) is 3. The van der Waals surface area contributed by atoms with Gasteiger partial charge in [0.15, 0.2) is 5.82 Å². The van der Waals surface area contributed by atoms with Crippen molar-refractivity contribution in [3.05, 3.63) is 34.8 Å². The van der Waals surface area contributed by atoms with E-state index in [9.17, 15) is 4.79 Å². The van der Waals surface area contributed by atoms with Crippen molar-refractivity contribution >= 4 is 11.8 Å². The summed E-state index contributed by atoms with van der Waals surface area (Å²) < 4.78 is 5.14. The van der Waals surface area contributed by atoms with E-state index in [1.807, 2.05) is 26.8 Å². The fraction of sp³-hybridized carbons (Fsp3) is 0.529. The van der Waals surface area contributed by atoms with Crippen LogP contribution in [-0.2, 0) is 11.8 Å². The van der Waals surface area contributed by atoms with Crippen molar-refractivity contribution in [2.24, 2.45) is 0 Å².